The lowest BCUT2D eigenvalue weighted by molar-refractivity contribution is 0.0741. The van der Waals surface area contributed by atoms with E-state index in [4.69, 9.17) is 0 Å². The molecule has 1 amide bonds. The van der Waals surface area contributed by atoms with Gasteiger partial charge in [0.25, 0.3) is 5.91 Å². The van der Waals surface area contributed by atoms with Crippen LogP contribution in [0.5, 0.6) is 0 Å². The SMILES string of the molecule is CSc1ncc(C(=O)N(C)[C@@H](C)Cc2cnccn2)cn1. The first-order chi connectivity index (χ1) is 10.1. The van der Waals surface area contributed by atoms with Crippen LogP contribution in [0.1, 0.15) is 23.0 Å². The number of hydrogen-bond acceptors (Lipinski definition) is 6. The van der Waals surface area contributed by atoms with E-state index in [2.05, 4.69) is 19.9 Å². The van der Waals surface area contributed by atoms with Crippen LogP contribution in [0.15, 0.2) is 36.1 Å². The third-order valence-corrected chi connectivity index (χ3v) is 3.74. The van der Waals surface area contributed by atoms with Crippen LogP contribution in [0.25, 0.3) is 0 Å². The second-order valence-electron chi connectivity index (χ2n) is 4.62. The summed E-state index contributed by atoms with van der Waals surface area (Å²) >= 11 is 1.44. The molecule has 0 bridgehead atoms. The quantitative estimate of drug-likeness (QED) is 0.618. The minimum absolute atomic E-state index is 0.00873. The minimum atomic E-state index is -0.0981. The average molecular weight is 303 g/mol. The molecular formula is C14H17N5OS. The first kappa shape index (κ1) is 15.4. The van der Waals surface area contributed by atoms with Crippen LogP contribution in [0.4, 0.5) is 0 Å². The number of carbonyl (C=O) groups excluding carboxylic acids is 1. The monoisotopic (exact) mass is 303 g/mol. The Morgan fingerprint density at radius 2 is 1.95 bits per heavy atom. The summed E-state index contributed by atoms with van der Waals surface area (Å²) in [7, 11) is 1.77. The third-order valence-electron chi connectivity index (χ3n) is 3.16. The van der Waals surface area contributed by atoms with Crippen molar-refractivity contribution in [1.82, 2.24) is 24.8 Å². The molecule has 0 N–H and O–H groups in total. The number of likely N-dealkylation sites (N-methyl/N-ethyl adjacent to an activating group) is 1. The van der Waals surface area contributed by atoms with Crippen molar-refractivity contribution in [2.24, 2.45) is 0 Å². The van der Waals surface area contributed by atoms with Crippen LogP contribution >= 0.6 is 11.8 Å². The van der Waals surface area contributed by atoms with E-state index < -0.39 is 0 Å². The highest BCUT2D eigenvalue weighted by Gasteiger charge is 2.19. The molecule has 0 aliphatic heterocycles. The van der Waals surface area contributed by atoms with Crippen LogP contribution in [-0.2, 0) is 6.42 Å². The maximum atomic E-state index is 12.4. The molecule has 0 aliphatic rings. The highest BCUT2D eigenvalue weighted by Crippen LogP contribution is 2.11. The zero-order valence-electron chi connectivity index (χ0n) is 12.2. The highest BCUT2D eigenvalue weighted by atomic mass is 32.2. The molecule has 1 atom stereocenters. The molecule has 2 aromatic heterocycles. The third kappa shape index (κ3) is 3.98. The summed E-state index contributed by atoms with van der Waals surface area (Å²) < 4.78 is 0. The van der Waals surface area contributed by atoms with Crippen molar-refractivity contribution in [3.05, 3.63) is 42.2 Å². The van der Waals surface area contributed by atoms with Gasteiger partial charge in [-0.2, -0.15) is 0 Å². The average Bonchev–Trinajstić information content (AvgIpc) is 2.54. The van der Waals surface area contributed by atoms with Crippen molar-refractivity contribution < 1.29 is 4.79 Å². The van der Waals surface area contributed by atoms with Crippen molar-refractivity contribution in [3.63, 3.8) is 0 Å². The fourth-order valence-corrected chi connectivity index (χ4v) is 2.13. The molecule has 0 radical (unpaired) electrons. The number of thioether (sulfide) groups is 1. The number of rotatable bonds is 5. The van der Waals surface area contributed by atoms with Gasteiger partial charge in [-0.3, -0.25) is 14.8 Å². The first-order valence-corrected chi connectivity index (χ1v) is 7.72. The number of carbonyl (C=O) groups is 1. The Balaban J connectivity index is 2.03. The van der Waals surface area contributed by atoms with Gasteiger partial charge in [0.2, 0.25) is 0 Å². The molecule has 0 saturated carbocycles. The van der Waals surface area contributed by atoms with Gasteiger partial charge in [-0.1, -0.05) is 11.8 Å². The number of hydrogen-bond donors (Lipinski definition) is 0. The standard InChI is InChI=1S/C14H17N5OS/c1-10(6-12-9-15-4-5-16-12)19(2)13(20)11-7-17-14(21-3)18-8-11/h4-5,7-10H,6H2,1-3H3/t10-/m0/s1. The van der Waals surface area contributed by atoms with Crippen LogP contribution in [0.3, 0.4) is 0 Å². The van der Waals surface area contributed by atoms with Crippen molar-refractivity contribution in [3.8, 4) is 0 Å². The lowest BCUT2D eigenvalue weighted by Gasteiger charge is -2.24. The largest absolute Gasteiger partial charge is 0.339 e. The maximum absolute atomic E-state index is 12.4. The van der Waals surface area contributed by atoms with Crippen molar-refractivity contribution in [1.29, 1.82) is 0 Å². The molecule has 0 spiro atoms. The Hall–Kier alpha value is -2.02. The Kier molecular flexibility index (Phi) is 5.21. The molecule has 110 valence electrons. The van der Waals surface area contributed by atoms with Gasteiger partial charge < -0.3 is 4.90 Å². The van der Waals surface area contributed by atoms with E-state index in [1.54, 1.807) is 42.9 Å². The predicted molar refractivity (Wildman–Crippen MR) is 81.1 cm³/mol. The van der Waals surface area contributed by atoms with E-state index in [9.17, 15) is 4.79 Å². The van der Waals surface area contributed by atoms with E-state index in [0.717, 1.165) is 5.69 Å². The molecule has 0 fully saturated rings. The lowest BCUT2D eigenvalue weighted by atomic mass is 10.1. The van der Waals surface area contributed by atoms with Crippen LogP contribution in [0.2, 0.25) is 0 Å². The normalized spacial score (nSPS) is 12.0. The molecule has 0 aromatic carbocycles. The summed E-state index contributed by atoms with van der Waals surface area (Å²) in [6.07, 6.45) is 10.7. The van der Waals surface area contributed by atoms with Crippen LogP contribution < -0.4 is 0 Å². The number of amides is 1. The number of nitrogens with zero attached hydrogens (tertiary/aromatic N) is 5. The van der Waals surface area contributed by atoms with Gasteiger partial charge in [0.1, 0.15) is 0 Å². The lowest BCUT2D eigenvalue weighted by Crippen LogP contribution is -2.36. The Morgan fingerprint density at radius 3 is 2.52 bits per heavy atom. The number of aromatic nitrogens is 4. The van der Waals surface area contributed by atoms with Crippen LogP contribution in [-0.4, -0.2) is 50.1 Å². The minimum Gasteiger partial charge on any atom is -0.339 e. The molecule has 0 unspecified atom stereocenters. The topological polar surface area (TPSA) is 71.9 Å². The van der Waals surface area contributed by atoms with E-state index >= 15 is 0 Å². The summed E-state index contributed by atoms with van der Waals surface area (Å²) in [4.78, 5) is 30.6. The van der Waals surface area contributed by atoms with Crippen molar-refractivity contribution in [2.45, 2.75) is 24.5 Å². The molecule has 2 heterocycles. The highest BCUT2D eigenvalue weighted by molar-refractivity contribution is 7.98. The van der Waals surface area contributed by atoms with Gasteiger partial charge in [-0.15, -0.1) is 0 Å². The van der Waals surface area contributed by atoms with Crippen molar-refractivity contribution in [2.75, 3.05) is 13.3 Å². The van der Waals surface area contributed by atoms with Gasteiger partial charge in [-0.05, 0) is 13.2 Å². The molecule has 2 aromatic rings. The van der Waals surface area contributed by atoms with E-state index in [0.29, 0.717) is 17.1 Å². The fourth-order valence-electron chi connectivity index (χ4n) is 1.81. The summed E-state index contributed by atoms with van der Waals surface area (Å²) in [5.41, 5.74) is 1.35. The summed E-state index contributed by atoms with van der Waals surface area (Å²) in [5, 5.41) is 0.654. The van der Waals surface area contributed by atoms with Gasteiger partial charge in [0.15, 0.2) is 5.16 Å². The van der Waals surface area contributed by atoms with Crippen molar-refractivity contribution >= 4 is 17.7 Å². The molecular weight excluding hydrogens is 286 g/mol. The second-order valence-corrected chi connectivity index (χ2v) is 5.40. The molecule has 7 heteroatoms. The summed E-state index contributed by atoms with van der Waals surface area (Å²) in [6, 6.07) is 0.00873. The van der Waals surface area contributed by atoms with Crippen LogP contribution in [0, 0.1) is 0 Å². The molecule has 21 heavy (non-hydrogen) atoms. The van der Waals surface area contributed by atoms with Gasteiger partial charge in [-0.25, -0.2) is 9.97 Å². The van der Waals surface area contributed by atoms with E-state index in [1.165, 1.54) is 11.8 Å². The van der Waals surface area contributed by atoms with Gasteiger partial charge in [0.05, 0.1) is 11.3 Å². The summed E-state index contributed by atoms with van der Waals surface area (Å²) in [5.74, 6) is -0.0981. The Bertz CT molecular complexity index is 590. The maximum Gasteiger partial charge on any atom is 0.256 e. The fraction of sp³-hybridized carbons (Fsp3) is 0.357. The molecule has 6 nitrogen and oxygen atoms in total. The molecule has 0 saturated heterocycles. The zero-order valence-corrected chi connectivity index (χ0v) is 13.0. The molecule has 0 aliphatic carbocycles. The second kappa shape index (κ2) is 7.12. The molecule has 2 rings (SSSR count). The summed E-state index contributed by atoms with van der Waals surface area (Å²) in [6.45, 7) is 1.98. The van der Waals surface area contributed by atoms with Gasteiger partial charge >= 0.3 is 0 Å². The first-order valence-electron chi connectivity index (χ1n) is 6.50. The van der Waals surface area contributed by atoms with Gasteiger partial charge in [0, 0.05) is 50.5 Å². The Morgan fingerprint density at radius 1 is 1.24 bits per heavy atom. The zero-order chi connectivity index (χ0) is 15.2. The smallest absolute Gasteiger partial charge is 0.256 e. The van der Waals surface area contributed by atoms with E-state index in [-0.39, 0.29) is 11.9 Å². The van der Waals surface area contributed by atoms with E-state index in [1.807, 2.05) is 13.2 Å². The predicted octanol–water partition coefficient (Wildman–Crippen LogP) is 1.69. The Labute approximate surface area is 128 Å².